The van der Waals surface area contributed by atoms with Crippen LogP contribution in [0, 0.1) is 0 Å². The van der Waals surface area contributed by atoms with Crippen LogP contribution in [0.5, 0.6) is 0 Å². The van der Waals surface area contributed by atoms with Gasteiger partial charge in [-0.1, -0.05) is 19.8 Å². The lowest BCUT2D eigenvalue weighted by Crippen LogP contribution is -2.50. The summed E-state index contributed by atoms with van der Waals surface area (Å²) < 4.78 is 5.47. The molecule has 6 heteroatoms. The van der Waals surface area contributed by atoms with E-state index in [-0.39, 0.29) is 12.1 Å². The summed E-state index contributed by atoms with van der Waals surface area (Å²) in [5.41, 5.74) is 0. The molecule has 1 aliphatic rings. The third-order valence-corrected chi connectivity index (χ3v) is 3.33. The standard InChI is InChI=1S/C13H24N2O4/c1-3-4-6-10(12(16)17)15-13(18)14-9(2)11-7-5-8-19-11/h9-11H,3-8H2,1-2H3,(H,16,17)(H2,14,15,18)/t9?,10-,11?/m0/s1. The second-order valence-corrected chi connectivity index (χ2v) is 4.99. The molecule has 0 spiro atoms. The number of hydrogen-bond acceptors (Lipinski definition) is 3. The van der Waals surface area contributed by atoms with E-state index in [1.54, 1.807) is 0 Å². The van der Waals surface area contributed by atoms with Crippen LogP contribution in [0.15, 0.2) is 0 Å². The fraction of sp³-hybridized carbons (Fsp3) is 0.846. The van der Waals surface area contributed by atoms with Crippen molar-refractivity contribution in [3.8, 4) is 0 Å². The number of aliphatic carboxylic acids is 1. The van der Waals surface area contributed by atoms with E-state index in [0.717, 1.165) is 32.3 Å². The van der Waals surface area contributed by atoms with E-state index < -0.39 is 18.0 Å². The Hall–Kier alpha value is -1.30. The number of rotatable bonds is 7. The number of carbonyl (C=O) groups is 2. The highest BCUT2D eigenvalue weighted by molar-refractivity contribution is 5.82. The van der Waals surface area contributed by atoms with E-state index in [2.05, 4.69) is 10.6 Å². The first-order valence-corrected chi connectivity index (χ1v) is 6.96. The van der Waals surface area contributed by atoms with Gasteiger partial charge < -0.3 is 20.5 Å². The third-order valence-electron chi connectivity index (χ3n) is 3.33. The van der Waals surface area contributed by atoms with Gasteiger partial charge in [0.05, 0.1) is 12.1 Å². The molecule has 2 unspecified atom stereocenters. The summed E-state index contributed by atoms with van der Waals surface area (Å²) in [6, 6.07) is -1.37. The maximum atomic E-state index is 11.7. The number of hydrogen-bond donors (Lipinski definition) is 3. The van der Waals surface area contributed by atoms with Gasteiger partial charge in [-0.25, -0.2) is 9.59 Å². The lowest BCUT2D eigenvalue weighted by Gasteiger charge is -2.22. The van der Waals surface area contributed by atoms with Crippen molar-refractivity contribution in [2.75, 3.05) is 6.61 Å². The van der Waals surface area contributed by atoms with E-state index in [4.69, 9.17) is 9.84 Å². The summed E-state index contributed by atoms with van der Waals surface area (Å²) in [5.74, 6) is -0.992. The van der Waals surface area contributed by atoms with Crippen molar-refractivity contribution in [3.63, 3.8) is 0 Å². The van der Waals surface area contributed by atoms with Crippen molar-refractivity contribution >= 4 is 12.0 Å². The van der Waals surface area contributed by atoms with Crippen molar-refractivity contribution in [3.05, 3.63) is 0 Å². The van der Waals surface area contributed by atoms with E-state index in [1.807, 2.05) is 13.8 Å². The number of urea groups is 1. The number of carbonyl (C=O) groups excluding carboxylic acids is 1. The Balaban J connectivity index is 2.36. The molecule has 1 fully saturated rings. The zero-order valence-corrected chi connectivity index (χ0v) is 11.6. The van der Waals surface area contributed by atoms with Crippen LogP contribution in [0.25, 0.3) is 0 Å². The molecule has 0 bridgehead atoms. The molecule has 1 heterocycles. The van der Waals surface area contributed by atoms with Crippen LogP contribution < -0.4 is 10.6 Å². The normalized spacial score (nSPS) is 21.7. The first-order valence-electron chi connectivity index (χ1n) is 6.96. The number of carboxylic acids is 1. The van der Waals surface area contributed by atoms with Crippen molar-refractivity contribution in [2.45, 2.75) is 64.1 Å². The monoisotopic (exact) mass is 272 g/mol. The summed E-state index contributed by atoms with van der Waals surface area (Å²) in [6.45, 7) is 4.59. The average molecular weight is 272 g/mol. The van der Waals surface area contributed by atoms with Crippen molar-refractivity contribution in [2.24, 2.45) is 0 Å². The molecular weight excluding hydrogens is 248 g/mol. The minimum Gasteiger partial charge on any atom is -0.480 e. The Morgan fingerprint density at radius 1 is 1.42 bits per heavy atom. The van der Waals surface area contributed by atoms with Gasteiger partial charge in [-0.2, -0.15) is 0 Å². The zero-order valence-electron chi connectivity index (χ0n) is 11.6. The molecule has 3 N–H and O–H groups in total. The second kappa shape index (κ2) is 7.99. The van der Waals surface area contributed by atoms with Crippen LogP contribution in [0.2, 0.25) is 0 Å². The predicted molar refractivity (Wildman–Crippen MR) is 71.1 cm³/mol. The molecule has 0 saturated carbocycles. The number of unbranched alkanes of at least 4 members (excludes halogenated alkanes) is 1. The van der Waals surface area contributed by atoms with E-state index in [1.165, 1.54) is 0 Å². The first-order chi connectivity index (χ1) is 9.04. The number of nitrogens with one attached hydrogen (secondary N) is 2. The predicted octanol–water partition coefficient (Wildman–Crippen LogP) is 1.50. The molecule has 0 aromatic rings. The van der Waals surface area contributed by atoms with Gasteiger partial charge in [0.25, 0.3) is 0 Å². The molecule has 0 aliphatic carbocycles. The molecule has 1 rings (SSSR count). The molecule has 1 aliphatic heterocycles. The molecule has 19 heavy (non-hydrogen) atoms. The molecule has 6 nitrogen and oxygen atoms in total. The first kappa shape index (κ1) is 15.8. The van der Waals surface area contributed by atoms with E-state index in [0.29, 0.717) is 6.42 Å². The smallest absolute Gasteiger partial charge is 0.326 e. The zero-order chi connectivity index (χ0) is 14.3. The molecule has 0 radical (unpaired) electrons. The molecule has 0 aromatic carbocycles. The summed E-state index contributed by atoms with van der Waals surface area (Å²) in [5, 5.41) is 14.3. The Morgan fingerprint density at radius 3 is 2.68 bits per heavy atom. The summed E-state index contributed by atoms with van der Waals surface area (Å²) in [6.07, 6.45) is 4.10. The SMILES string of the molecule is CCCC[C@H](NC(=O)NC(C)C1CCCO1)C(=O)O. The largest absolute Gasteiger partial charge is 0.480 e. The van der Waals surface area contributed by atoms with E-state index >= 15 is 0 Å². The number of amides is 2. The lowest BCUT2D eigenvalue weighted by atomic mass is 10.1. The molecular formula is C13H24N2O4. The van der Waals surface area contributed by atoms with Crippen molar-refractivity contribution in [1.82, 2.24) is 10.6 Å². The Bertz CT molecular complexity index is 303. The second-order valence-electron chi connectivity index (χ2n) is 4.99. The topological polar surface area (TPSA) is 87.7 Å². The maximum Gasteiger partial charge on any atom is 0.326 e. The fourth-order valence-corrected chi connectivity index (χ4v) is 2.16. The molecule has 2 amide bonds. The Labute approximate surface area is 113 Å². The lowest BCUT2D eigenvalue weighted by molar-refractivity contribution is -0.139. The van der Waals surface area contributed by atoms with Gasteiger partial charge in [0, 0.05) is 6.61 Å². The minimum absolute atomic E-state index is 0.0321. The van der Waals surface area contributed by atoms with Gasteiger partial charge >= 0.3 is 12.0 Å². The van der Waals surface area contributed by atoms with Gasteiger partial charge in [-0.15, -0.1) is 0 Å². The van der Waals surface area contributed by atoms with Crippen LogP contribution in [-0.2, 0) is 9.53 Å². The van der Waals surface area contributed by atoms with Gasteiger partial charge in [0.15, 0.2) is 0 Å². The van der Waals surface area contributed by atoms with Crippen LogP contribution >= 0.6 is 0 Å². The van der Waals surface area contributed by atoms with Crippen LogP contribution in [0.4, 0.5) is 4.79 Å². The highest BCUT2D eigenvalue weighted by Crippen LogP contribution is 2.15. The van der Waals surface area contributed by atoms with Gasteiger partial charge in [-0.05, 0) is 26.2 Å². The minimum atomic E-state index is -0.992. The fourth-order valence-electron chi connectivity index (χ4n) is 2.16. The Kier molecular flexibility index (Phi) is 6.62. The Morgan fingerprint density at radius 2 is 2.16 bits per heavy atom. The van der Waals surface area contributed by atoms with E-state index in [9.17, 15) is 9.59 Å². The number of ether oxygens (including phenoxy) is 1. The average Bonchev–Trinajstić information content (AvgIpc) is 2.87. The van der Waals surface area contributed by atoms with Crippen LogP contribution in [-0.4, -0.2) is 41.9 Å². The number of carboxylic acid groups (broad SMARTS) is 1. The van der Waals surface area contributed by atoms with Gasteiger partial charge in [0.2, 0.25) is 0 Å². The van der Waals surface area contributed by atoms with Crippen LogP contribution in [0.3, 0.4) is 0 Å². The van der Waals surface area contributed by atoms with Gasteiger partial charge in [-0.3, -0.25) is 0 Å². The highest BCUT2D eigenvalue weighted by Gasteiger charge is 2.25. The van der Waals surface area contributed by atoms with Crippen molar-refractivity contribution in [1.29, 1.82) is 0 Å². The summed E-state index contributed by atoms with van der Waals surface area (Å²) in [7, 11) is 0. The molecule has 1 saturated heterocycles. The van der Waals surface area contributed by atoms with Crippen molar-refractivity contribution < 1.29 is 19.4 Å². The molecule has 110 valence electrons. The summed E-state index contributed by atoms with van der Waals surface area (Å²) >= 11 is 0. The van der Waals surface area contributed by atoms with Gasteiger partial charge in [0.1, 0.15) is 6.04 Å². The quantitative estimate of drug-likeness (QED) is 0.655. The molecule has 3 atom stereocenters. The molecule has 0 aromatic heterocycles. The summed E-state index contributed by atoms with van der Waals surface area (Å²) in [4.78, 5) is 22.8. The van der Waals surface area contributed by atoms with Crippen LogP contribution in [0.1, 0.15) is 46.0 Å². The highest BCUT2D eigenvalue weighted by atomic mass is 16.5. The maximum absolute atomic E-state index is 11.7. The third kappa shape index (κ3) is 5.46.